The van der Waals surface area contributed by atoms with E-state index >= 15 is 0 Å². The Hall–Kier alpha value is -1.35. The monoisotopic (exact) mass is 246 g/mol. The normalized spacial score (nSPS) is 18.1. The van der Waals surface area contributed by atoms with Gasteiger partial charge in [-0.25, -0.2) is 0 Å². The van der Waals surface area contributed by atoms with Crippen molar-refractivity contribution in [2.24, 2.45) is 11.1 Å². The largest absolute Gasteiger partial charge is 0.338 e. The van der Waals surface area contributed by atoms with Gasteiger partial charge in [0.2, 0.25) is 0 Å². The lowest BCUT2D eigenvalue weighted by Crippen LogP contribution is -2.30. The molecule has 1 fully saturated rings. The molecule has 1 saturated heterocycles. The third-order valence-electron chi connectivity index (χ3n) is 3.57. The van der Waals surface area contributed by atoms with Crippen molar-refractivity contribution in [2.75, 3.05) is 19.6 Å². The van der Waals surface area contributed by atoms with Crippen LogP contribution in [0.3, 0.4) is 0 Å². The molecule has 3 heteroatoms. The molecule has 0 radical (unpaired) electrons. The van der Waals surface area contributed by atoms with Gasteiger partial charge in [0.25, 0.3) is 5.91 Å². The zero-order valence-electron chi connectivity index (χ0n) is 11.3. The summed E-state index contributed by atoms with van der Waals surface area (Å²) in [5.74, 6) is 0.152. The molecule has 1 heterocycles. The molecular formula is C15H22N2O. The van der Waals surface area contributed by atoms with Gasteiger partial charge in [-0.2, -0.15) is 0 Å². The van der Waals surface area contributed by atoms with E-state index in [9.17, 15) is 4.79 Å². The Morgan fingerprint density at radius 1 is 1.44 bits per heavy atom. The predicted molar refractivity (Wildman–Crippen MR) is 73.5 cm³/mol. The van der Waals surface area contributed by atoms with Crippen molar-refractivity contribution in [3.63, 3.8) is 0 Å². The van der Waals surface area contributed by atoms with Crippen molar-refractivity contribution in [2.45, 2.75) is 26.7 Å². The molecule has 1 aromatic carbocycles. The first-order valence-corrected chi connectivity index (χ1v) is 6.60. The number of rotatable bonds is 3. The fourth-order valence-corrected chi connectivity index (χ4v) is 2.49. The van der Waals surface area contributed by atoms with Gasteiger partial charge in [-0.15, -0.1) is 0 Å². The van der Waals surface area contributed by atoms with E-state index in [4.69, 9.17) is 5.73 Å². The molecule has 0 saturated carbocycles. The molecule has 0 spiro atoms. The van der Waals surface area contributed by atoms with Gasteiger partial charge in [0, 0.05) is 18.7 Å². The van der Waals surface area contributed by atoms with E-state index in [-0.39, 0.29) is 11.3 Å². The van der Waals surface area contributed by atoms with Crippen molar-refractivity contribution >= 4 is 5.91 Å². The fraction of sp³-hybridized carbons (Fsp3) is 0.533. The molecule has 3 nitrogen and oxygen atoms in total. The molecule has 0 aliphatic carbocycles. The summed E-state index contributed by atoms with van der Waals surface area (Å²) in [5.41, 5.74) is 7.73. The van der Waals surface area contributed by atoms with E-state index in [1.54, 1.807) is 0 Å². The molecule has 0 aromatic heterocycles. The Balaban J connectivity index is 2.12. The van der Waals surface area contributed by atoms with Crippen LogP contribution in [0.25, 0.3) is 0 Å². The molecule has 0 unspecified atom stereocenters. The van der Waals surface area contributed by atoms with Crippen LogP contribution in [0.1, 0.15) is 36.2 Å². The molecule has 0 bridgehead atoms. The summed E-state index contributed by atoms with van der Waals surface area (Å²) in [6.07, 6.45) is 1.91. The van der Waals surface area contributed by atoms with Crippen LogP contribution in [0.4, 0.5) is 0 Å². The molecule has 2 N–H and O–H groups in total. The van der Waals surface area contributed by atoms with Crippen LogP contribution in [-0.2, 0) is 6.42 Å². The summed E-state index contributed by atoms with van der Waals surface area (Å²) >= 11 is 0. The lowest BCUT2D eigenvalue weighted by atomic mass is 9.93. The second-order valence-electron chi connectivity index (χ2n) is 5.88. The van der Waals surface area contributed by atoms with Crippen LogP contribution in [0.15, 0.2) is 24.3 Å². The van der Waals surface area contributed by atoms with Crippen LogP contribution >= 0.6 is 0 Å². The third kappa shape index (κ3) is 2.91. The number of carbonyl (C=O) groups excluding carboxylic acids is 1. The second kappa shape index (κ2) is 5.11. The fourth-order valence-electron chi connectivity index (χ4n) is 2.49. The Labute approximate surface area is 109 Å². The number of amides is 1. The Bertz CT molecular complexity index is 440. The molecule has 98 valence electrons. The molecule has 1 aliphatic rings. The van der Waals surface area contributed by atoms with E-state index in [1.165, 1.54) is 0 Å². The Kier molecular flexibility index (Phi) is 3.71. The highest BCUT2D eigenvalue weighted by Crippen LogP contribution is 2.29. The molecular weight excluding hydrogens is 224 g/mol. The highest BCUT2D eigenvalue weighted by Gasteiger charge is 2.32. The number of hydrogen-bond donors (Lipinski definition) is 1. The standard InChI is InChI=1S/C15H22N2O/c1-15(2)7-9-17(11-15)14(18)13-5-3-4-12(10-13)6-8-16/h3-5,10H,6-9,11,16H2,1-2H3. The molecule has 18 heavy (non-hydrogen) atoms. The van der Waals surface area contributed by atoms with Crippen LogP contribution in [-0.4, -0.2) is 30.4 Å². The van der Waals surface area contributed by atoms with E-state index in [0.717, 1.165) is 37.1 Å². The van der Waals surface area contributed by atoms with Crippen molar-refractivity contribution < 1.29 is 4.79 Å². The van der Waals surface area contributed by atoms with Crippen molar-refractivity contribution in [3.8, 4) is 0 Å². The van der Waals surface area contributed by atoms with Crippen molar-refractivity contribution in [1.82, 2.24) is 4.90 Å². The first kappa shape index (κ1) is 13.1. The summed E-state index contributed by atoms with van der Waals surface area (Å²) < 4.78 is 0. The van der Waals surface area contributed by atoms with Gasteiger partial charge in [-0.1, -0.05) is 26.0 Å². The smallest absolute Gasteiger partial charge is 0.253 e. The number of nitrogens with two attached hydrogens (primary N) is 1. The first-order chi connectivity index (χ1) is 8.52. The third-order valence-corrected chi connectivity index (χ3v) is 3.57. The van der Waals surface area contributed by atoms with Crippen LogP contribution < -0.4 is 5.73 Å². The second-order valence-corrected chi connectivity index (χ2v) is 5.88. The van der Waals surface area contributed by atoms with Crippen molar-refractivity contribution in [1.29, 1.82) is 0 Å². The van der Waals surface area contributed by atoms with Gasteiger partial charge in [0.15, 0.2) is 0 Å². The maximum absolute atomic E-state index is 12.4. The quantitative estimate of drug-likeness (QED) is 0.887. The van der Waals surface area contributed by atoms with Gasteiger partial charge < -0.3 is 10.6 Å². The SMILES string of the molecule is CC1(C)CCN(C(=O)c2cccc(CCN)c2)C1. The van der Waals surface area contributed by atoms with E-state index in [2.05, 4.69) is 13.8 Å². The van der Waals surface area contributed by atoms with Crippen LogP contribution in [0.5, 0.6) is 0 Å². The first-order valence-electron chi connectivity index (χ1n) is 6.60. The topological polar surface area (TPSA) is 46.3 Å². The molecule has 1 amide bonds. The average molecular weight is 246 g/mol. The minimum absolute atomic E-state index is 0.152. The minimum atomic E-state index is 0.152. The van der Waals surface area contributed by atoms with Crippen LogP contribution in [0, 0.1) is 5.41 Å². The van der Waals surface area contributed by atoms with Gasteiger partial charge in [0.1, 0.15) is 0 Å². The molecule has 1 aromatic rings. The predicted octanol–water partition coefficient (Wildman–Crippen LogP) is 2.06. The number of likely N-dealkylation sites (tertiary alicyclic amines) is 1. The van der Waals surface area contributed by atoms with E-state index in [0.29, 0.717) is 6.54 Å². The molecule has 1 aliphatic heterocycles. The Morgan fingerprint density at radius 2 is 2.22 bits per heavy atom. The summed E-state index contributed by atoms with van der Waals surface area (Å²) in [4.78, 5) is 14.3. The summed E-state index contributed by atoms with van der Waals surface area (Å²) in [6.45, 7) is 6.77. The maximum atomic E-state index is 12.4. The summed E-state index contributed by atoms with van der Waals surface area (Å²) in [5, 5.41) is 0. The van der Waals surface area contributed by atoms with Gasteiger partial charge in [-0.05, 0) is 42.5 Å². The minimum Gasteiger partial charge on any atom is -0.338 e. The number of hydrogen-bond acceptors (Lipinski definition) is 2. The van der Waals surface area contributed by atoms with Crippen molar-refractivity contribution in [3.05, 3.63) is 35.4 Å². The highest BCUT2D eigenvalue weighted by molar-refractivity contribution is 5.94. The maximum Gasteiger partial charge on any atom is 0.253 e. The summed E-state index contributed by atoms with van der Waals surface area (Å²) in [6, 6.07) is 7.84. The van der Waals surface area contributed by atoms with E-state index in [1.807, 2.05) is 29.2 Å². The van der Waals surface area contributed by atoms with Crippen LogP contribution in [0.2, 0.25) is 0 Å². The Morgan fingerprint density at radius 3 is 2.83 bits per heavy atom. The number of carbonyl (C=O) groups is 1. The lowest BCUT2D eigenvalue weighted by molar-refractivity contribution is 0.0778. The molecule has 2 rings (SSSR count). The van der Waals surface area contributed by atoms with E-state index < -0.39 is 0 Å². The number of benzene rings is 1. The number of nitrogens with zero attached hydrogens (tertiary/aromatic N) is 1. The van der Waals surface area contributed by atoms with Gasteiger partial charge >= 0.3 is 0 Å². The van der Waals surface area contributed by atoms with Gasteiger partial charge in [-0.3, -0.25) is 4.79 Å². The molecule has 0 atom stereocenters. The summed E-state index contributed by atoms with van der Waals surface area (Å²) in [7, 11) is 0. The van der Waals surface area contributed by atoms with Gasteiger partial charge in [0.05, 0.1) is 0 Å². The zero-order chi connectivity index (χ0) is 13.2. The lowest BCUT2D eigenvalue weighted by Gasteiger charge is -2.20. The average Bonchev–Trinajstić information content (AvgIpc) is 2.70. The zero-order valence-corrected chi connectivity index (χ0v) is 11.3. The highest BCUT2D eigenvalue weighted by atomic mass is 16.2.